The molecule has 2 rings (SSSR count). The van der Waals surface area contributed by atoms with E-state index in [9.17, 15) is 0 Å². The fraction of sp³-hybridized carbons (Fsp3) is 0.429. The van der Waals surface area contributed by atoms with Crippen molar-refractivity contribution in [2.24, 2.45) is 0 Å². The molecule has 0 spiro atoms. The third-order valence-electron chi connectivity index (χ3n) is 3.09. The molecule has 0 bridgehead atoms. The summed E-state index contributed by atoms with van der Waals surface area (Å²) < 4.78 is 1.81. The second-order valence-electron chi connectivity index (χ2n) is 4.66. The predicted octanol–water partition coefficient (Wildman–Crippen LogP) is 2.96. The summed E-state index contributed by atoms with van der Waals surface area (Å²) in [6.07, 6.45) is 1.88. The minimum Gasteiger partial charge on any atom is -0.313 e. The van der Waals surface area contributed by atoms with Crippen molar-refractivity contribution in [3.8, 4) is 5.82 Å². The van der Waals surface area contributed by atoms with E-state index < -0.39 is 0 Å². The monoisotopic (exact) mass is 278 g/mol. The zero-order valence-electron chi connectivity index (χ0n) is 11.8. The Labute approximate surface area is 118 Å². The normalized spacial score (nSPS) is 11.0. The molecule has 2 heterocycles. The highest BCUT2D eigenvalue weighted by Crippen LogP contribution is 2.23. The molecule has 0 saturated heterocycles. The van der Waals surface area contributed by atoms with Crippen molar-refractivity contribution in [3.63, 3.8) is 0 Å². The van der Waals surface area contributed by atoms with Gasteiger partial charge in [-0.05, 0) is 44.5 Å². The molecule has 0 fully saturated rings. The molecule has 2 aromatic rings. The van der Waals surface area contributed by atoms with Crippen molar-refractivity contribution < 1.29 is 0 Å². The molecule has 0 radical (unpaired) electrons. The fourth-order valence-corrected chi connectivity index (χ4v) is 2.16. The second-order valence-corrected chi connectivity index (χ2v) is 5.04. The van der Waals surface area contributed by atoms with Crippen LogP contribution in [0.15, 0.2) is 12.3 Å². The molecule has 4 nitrogen and oxygen atoms in total. The lowest BCUT2D eigenvalue weighted by molar-refractivity contribution is 0.720. The van der Waals surface area contributed by atoms with Crippen molar-refractivity contribution >= 4 is 11.6 Å². The van der Waals surface area contributed by atoms with Crippen LogP contribution in [0.5, 0.6) is 0 Å². The van der Waals surface area contributed by atoms with Gasteiger partial charge in [-0.3, -0.25) is 0 Å². The fourth-order valence-electron chi connectivity index (χ4n) is 2.04. The number of pyridine rings is 1. The van der Waals surface area contributed by atoms with Crippen molar-refractivity contribution in [3.05, 3.63) is 39.8 Å². The summed E-state index contributed by atoms with van der Waals surface area (Å²) in [6, 6.07) is 2.13. The molecular weight excluding hydrogens is 260 g/mol. The maximum atomic E-state index is 6.18. The van der Waals surface area contributed by atoms with E-state index in [2.05, 4.69) is 28.4 Å². The minimum absolute atomic E-state index is 0.706. The van der Waals surface area contributed by atoms with Crippen LogP contribution in [0.25, 0.3) is 5.82 Å². The Morgan fingerprint density at radius 3 is 2.58 bits per heavy atom. The molecule has 0 aliphatic heterocycles. The van der Waals surface area contributed by atoms with Crippen LogP contribution < -0.4 is 5.32 Å². The highest BCUT2D eigenvalue weighted by molar-refractivity contribution is 6.31. The zero-order valence-corrected chi connectivity index (χ0v) is 12.5. The van der Waals surface area contributed by atoms with E-state index in [1.807, 2.05) is 31.6 Å². The van der Waals surface area contributed by atoms with Crippen LogP contribution in [0, 0.1) is 20.8 Å². The lowest BCUT2D eigenvalue weighted by Crippen LogP contribution is -2.13. The molecule has 0 unspecified atom stereocenters. The topological polar surface area (TPSA) is 42.7 Å². The van der Waals surface area contributed by atoms with Gasteiger partial charge in [-0.1, -0.05) is 18.5 Å². The van der Waals surface area contributed by atoms with Gasteiger partial charge >= 0.3 is 0 Å². The van der Waals surface area contributed by atoms with Crippen LogP contribution in [0.4, 0.5) is 0 Å². The Bertz CT molecular complexity index is 589. The van der Waals surface area contributed by atoms with E-state index in [1.165, 1.54) is 5.56 Å². The quantitative estimate of drug-likeness (QED) is 0.935. The van der Waals surface area contributed by atoms with E-state index in [1.54, 1.807) is 0 Å². The first-order valence-corrected chi connectivity index (χ1v) is 6.80. The van der Waals surface area contributed by atoms with E-state index in [-0.39, 0.29) is 0 Å². The molecule has 0 amide bonds. The molecule has 19 heavy (non-hydrogen) atoms. The summed E-state index contributed by atoms with van der Waals surface area (Å²) in [5.41, 5.74) is 4.03. The van der Waals surface area contributed by atoms with Gasteiger partial charge in [0.15, 0.2) is 5.82 Å². The molecule has 5 heteroatoms. The van der Waals surface area contributed by atoms with Gasteiger partial charge in [-0.25, -0.2) is 9.67 Å². The van der Waals surface area contributed by atoms with Crippen molar-refractivity contribution in [1.29, 1.82) is 0 Å². The number of aryl methyl sites for hydroxylation is 2. The van der Waals surface area contributed by atoms with Crippen molar-refractivity contribution in [2.75, 3.05) is 6.54 Å². The minimum atomic E-state index is 0.706. The van der Waals surface area contributed by atoms with Gasteiger partial charge in [0.2, 0.25) is 0 Å². The van der Waals surface area contributed by atoms with Crippen LogP contribution in [-0.2, 0) is 6.54 Å². The SMILES string of the molecule is CCNCc1cnc(-n2nc(C)c(Cl)c2C)c(C)c1. The lowest BCUT2D eigenvalue weighted by Gasteiger charge is -2.09. The average Bonchev–Trinajstić information content (AvgIpc) is 2.64. The van der Waals surface area contributed by atoms with Gasteiger partial charge in [-0.2, -0.15) is 5.10 Å². The summed E-state index contributed by atoms with van der Waals surface area (Å²) in [5.74, 6) is 0.841. The lowest BCUT2D eigenvalue weighted by atomic mass is 10.2. The van der Waals surface area contributed by atoms with E-state index in [0.29, 0.717) is 5.02 Å². The Morgan fingerprint density at radius 2 is 2.05 bits per heavy atom. The highest BCUT2D eigenvalue weighted by Gasteiger charge is 2.13. The van der Waals surface area contributed by atoms with Crippen molar-refractivity contribution in [1.82, 2.24) is 20.1 Å². The molecule has 0 aromatic carbocycles. The van der Waals surface area contributed by atoms with E-state index in [0.717, 1.165) is 35.9 Å². The molecule has 0 saturated carbocycles. The van der Waals surface area contributed by atoms with E-state index in [4.69, 9.17) is 11.6 Å². The van der Waals surface area contributed by atoms with Gasteiger partial charge < -0.3 is 5.32 Å². The number of hydrogen-bond acceptors (Lipinski definition) is 3. The smallest absolute Gasteiger partial charge is 0.156 e. The number of aromatic nitrogens is 3. The Hall–Kier alpha value is -1.39. The first kappa shape index (κ1) is 14.0. The number of hydrogen-bond donors (Lipinski definition) is 1. The van der Waals surface area contributed by atoms with Crippen LogP contribution in [0.2, 0.25) is 5.02 Å². The summed E-state index contributed by atoms with van der Waals surface area (Å²) in [6.45, 7) is 9.78. The Morgan fingerprint density at radius 1 is 1.32 bits per heavy atom. The standard InChI is InChI=1S/C14H19ClN4/c1-5-16-7-12-6-9(2)14(17-8-12)19-11(4)13(15)10(3)18-19/h6,8,16H,5,7H2,1-4H3. The van der Waals surface area contributed by atoms with E-state index >= 15 is 0 Å². The average molecular weight is 279 g/mol. The molecule has 0 aliphatic carbocycles. The summed E-state index contributed by atoms with van der Waals surface area (Å²) in [5, 5.41) is 8.44. The van der Waals surface area contributed by atoms with Crippen LogP contribution >= 0.6 is 11.6 Å². The van der Waals surface area contributed by atoms with Crippen molar-refractivity contribution in [2.45, 2.75) is 34.2 Å². The number of halogens is 1. The number of nitrogens with one attached hydrogen (secondary N) is 1. The third-order valence-corrected chi connectivity index (χ3v) is 3.64. The molecule has 1 N–H and O–H groups in total. The summed E-state index contributed by atoms with van der Waals surface area (Å²) in [7, 11) is 0. The molecule has 102 valence electrons. The molecule has 0 atom stereocenters. The van der Waals surface area contributed by atoms with Gasteiger partial charge in [0.05, 0.1) is 16.4 Å². The Balaban J connectivity index is 2.37. The van der Waals surface area contributed by atoms with Gasteiger partial charge in [0.25, 0.3) is 0 Å². The van der Waals surface area contributed by atoms with Gasteiger partial charge in [0, 0.05) is 12.7 Å². The zero-order chi connectivity index (χ0) is 14.0. The summed E-state index contributed by atoms with van der Waals surface area (Å²) >= 11 is 6.18. The van der Waals surface area contributed by atoms with Gasteiger partial charge in [-0.15, -0.1) is 0 Å². The Kier molecular flexibility index (Phi) is 4.22. The van der Waals surface area contributed by atoms with Crippen LogP contribution in [0.3, 0.4) is 0 Å². The third kappa shape index (κ3) is 2.80. The molecule has 2 aromatic heterocycles. The number of nitrogens with zero attached hydrogens (tertiary/aromatic N) is 3. The highest BCUT2D eigenvalue weighted by atomic mass is 35.5. The second kappa shape index (κ2) is 5.72. The first-order valence-electron chi connectivity index (χ1n) is 6.43. The predicted molar refractivity (Wildman–Crippen MR) is 78.0 cm³/mol. The van der Waals surface area contributed by atoms with Crippen LogP contribution in [-0.4, -0.2) is 21.3 Å². The largest absolute Gasteiger partial charge is 0.313 e. The first-order chi connectivity index (χ1) is 9.04. The summed E-state index contributed by atoms with van der Waals surface area (Å²) in [4.78, 5) is 4.52. The molecule has 0 aliphatic rings. The maximum Gasteiger partial charge on any atom is 0.156 e. The maximum absolute atomic E-state index is 6.18. The molecular formula is C14H19ClN4. The number of rotatable bonds is 4. The van der Waals surface area contributed by atoms with Crippen LogP contribution in [0.1, 0.15) is 29.4 Å². The van der Waals surface area contributed by atoms with Gasteiger partial charge in [0.1, 0.15) is 0 Å².